The summed E-state index contributed by atoms with van der Waals surface area (Å²) in [5.41, 5.74) is 1.45. The Labute approximate surface area is 169 Å². The summed E-state index contributed by atoms with van der Waals surface area (Å²) in [5, 5.41) is 9.13. The molecular formula is C23H36O5. The number of esters is 2. The van der Waals surface area contributed by atoms with Crippen LogP contribution in [0.4, 0.5) is 0 Å². The van der Waals surface area contributed by atoms with E-state index in [4.69, 9.17) is 14.6 Å². The maximum Gasteiger partial charge on any atom is 0.315 e. The molecule has 2 aliphatic rings. The summed E-state index contributed by atoms with van der Waals surface area (Å²) >= 11 is 0. The van der Waals surface area contributed by atoms with Crippen molar-refractivity contribution in [3.8, 4) is 0 Å². The summed E-state index contributed by atoms with van der Waals surface area (Å²) in [6.07, 6.45) is 6.48. The standard InChI is InChI=1S/C23H36O5/c1-15(12-14-24)7-9-18-16(2)8-10-19-22(18,4)13-11-20(28-17(3)25)23(19,5)21(26)27-6/h12,18-20,24H,2,7-11,13-14H2,1,3-6H3/b15-12+/t18-,19+,20+,22+,23+/m0/s1. The van der Waals surface area contributed by atoms with Crippen LogP contribution in [-0.4, -0.2) is 36.9 Å². The van der Waals surface area contributed by atoms with E-state index in [1.54, 1.807) is 0 Å². The summed E-state index contributed by atoms with van der Waals surface area (Å²) in [5.74, 6) is -0.304. The second-order valence-corrected chi connectivity index (χ2v) is 8.99. The zero-order valence-corrected chi connectivity index (χ0v) is 18.0. The first kappa shape index (κ1) is 22.7. The van der Waals surface area contributed by atoms with Crippen LogP contribution in [0.15, 0.2) is 23.8 Å². The Morgan fingerprint density at radius 2 is 1.96 bits per heavy atom. The molecule has 0 saturated heterocycles. The first-order valence-electron chi connectivity index (χ1n) is 10.3. The summed E-state index contributed by atoms with van der Waals surface area (Å²) in [7, 11) is 1.41. The summed E-state index contributed by atoms with van der Waals surface area (Å²) in [4.78, 5) is 24.6. The highest BCUT2D eigenvalue weighted by atomic mass is 16.6. The lowest BCUT2D eigenvalue weighted by Gasteiger charge is -2.59. The number of carbonyl (C=O) groups excluding carboxylic acids is 2. The fraction of sp³-hybridized carbons (Fsp3) is 0.739. The third kappa shape index (κ3) is 4.05. The van der Waals surface area contributed by atoms with Gasteiger partial charge in [0.05, 0.1) is 13.7 Å². The highest BCUT2D eigenvalue weighted by Crippen LogP contribution is 2.62. The van der Waals surface area contributed by atoms with Crippen LogP contribution in [0.5, 0.6) is 0 Å². The van der Waals surface area contributed by atoms with E-state index in [2.05, 4.69) is 13.5 Å². The quantitative estimate of drug-likeness (QED) is 0.542. The largest absolute Gasteiger partial charge is 0.468 e. The van der Waals surface area contributed by atoms with Gasteiger partial charge < -0.3 is 14.6 Å². The second kappa shape index (κ2) is 8.81. The topological polar surface area (TPSA) is 72.8 Å². The number of aliphatic hydroxyl groups is 1. The van der Waals surface area contributed by atoms with Gasteiger partial charge in [-0.15, -0.1) is 0 Å². The van der Waals surface area contributed by atoms with Crippen LogP contribution < -0.4 is 0 Å². The van der Waals surface area contributed by atoms with Gasteiger partial charge in [-0.05, 0) is 69.6 Å². The molecule has 0 amide bonds. The molecule has 0 aliphatic heterocycles. The van der Waals surface area contributed by atoms with Gasteiger partial charge in [-0.2, -0.15) is 0 Å². The average molecular weight is 393 g/mol. The SMILES string of the molecule is C=C1CC[C@@H]2[C@](C)(CC[C@@H](OC(C)=O)[C@]2(C)C(=O)OC)[C@H]1CC/C(C)=C/CO. The van der Waals surface area contributed by atoms with Crippen LogP contribution in [-0.2, 0) is 19.1 Å². The normalized spacial score (nSPS) is 35.9. The number of fused-ring (bicyclic) bond motifs is 1. The van der Waals surface area contributed by atoms with Gasteiger partial charge in [-0.1, -0.05) is 30.7 Å². The van der Waals surface area contributed by atoms with Gasteiger partial charge in [0, 0.05) is 6.92 Å². The van der Waals surface area contributed by atoms with Gasteiger partial charge in [0.25, 0.3) is 0 Å². The van der Waals surface area contributed by atoms with Crippen molar-refractivity contribution >= 4 is 11.9 Å². The van der Waals surface area contributed by atoms with E-state index in [1.165, 1.54) is 25.2 Å². The first-order chi connectivity index (χ1) is 13.1. The summed E-state index contributed by atoms with van der Waals surface area (Å²) in [6, 6.07) is 0. The third-order valence-corrected chi connectivity index (χ3v) is 7.38. The Morgan fingerprint density at radius 3 is 2.54 bits per heavy atom. The fourth-order valence-electron chi connectivity index (χ4n) is 5.88. The predicted molar refractivity (Wildman–Crippen MR) is 108 cm³/mol. The molecule has 2 rings (SSSR count). The lowest BCUT2D eigenvalue weighted by Crippen LogP contribution is -2.60. The molecule has 5 heteroatoms. The van der Waals surface area contributed by atoms with E-state index in [0.717, 1.165) is 32.1 Å². The number of methoxy groups -OCH3 is 1. The molecule has 0 unspecified atom stereocenters. The Morgan fingerprint density at radius 1 is 1.29 bits per heavy atom. The molecule has 0 bridgehead atoms. The van der Waals surface area contributed by atoms with Crippen molar-refractivity contribution in [3.05, 3.63) is 23.8 Å². The number of hydrogen-bond donors (Lipinski definition) is 1. The highest BCUT2D eigenvalue weighted by molar-refractivity contribution is 5.79. The average Bonchev–Trinajstić information content (AvgIpc) is 2.62. The zero-order valence-electron chi connectivity index (χ0n) is 18.0. The molecule has 0 heterocycles. The molecule has 2 aliphatic carbocycles. The van der Waals surface area contributed by atoms with E-state index in [0.29, 0.717) is 6.42 Å². The minimum absolute atomic E-state index is 0.0574. The molecule has 0 radical (unpaired) electrons. The van der Waals surface area contributed by atoms with Gasteiger partial charge in [0.2, 0.25) is 0 Å². The smallest absolute Gasteiger partial charge is 0.315 e. The molecule has 5 atom stereocenters. The van der Waals surface area contributed by atoms with E-state index < -0.39 is 11.5 Å². The van der Waals surface area contributed by atoms with Crippen molar-refractivity contribution in [2.24, 2.45) is 22.7 Å². The zero-order chi connectivity index (χ0) is 21.1. The lowest BCUT2D eigenvalue weighted by molar-refractivity contribution is -0.197. The number of aliphatic hydroxyl groups excluding tert-OH is 1. The second-order valence-electron chi connectivity index (χ2n) is 8.99. The summed E-state index contributed by atoms with van der Waals surface area (Å²) < 4.78 is 10.8. The van der Waals surface area contributed by atoms with Gasteiger partial charge >= 0.3 is 11.9 Å². The molecule has 5 nitrogen and oxygen atoms in total. The van der Waals surface area contributed by atoms with E-state index in [-0.39, 0.29) is 35.8 Å². The molecule has 0 spiro atoms. The van der Waals surface area contributed by atoms with E-state index >= 15 is 0 Å². The Hall–Kier alpha value is -1.62. The first-order valence-corrected chi connectivity index (χ1v) is 10.3. The lowest BCUT2D eigenvalue weighted by atomic mass is 9.46. The van der Waals surface area contributed by atoms with Gasteiger partial charge in [0.1, 0.15) is 11.5 Å². The molecule has 0 aromatic rings. The van der Waals surface area contributed by atoms with Crippen LogP contribution in [0.25, 0.3) is 0 Å². The molecular weight excluding hydrogens is 356 g/mol. The molecule has 28 heavy (non-hydrogen) atoms. The van der Waals surface area contributed by atoms with Crippen LogP contribution in [0.2, 0.25) is 0 Å². The maximum absolute atomic E-state index is 12.9. The minimum Gasteiger partial charge on any atom is -0.468 e. The van der Waals surface area contributed by atoms with Crippen LogP contribution in [0.1, 0.15) is 66.2 Å². The van der Waals surface area contributed by atoms with Crippen molar-refractivity contribution in [2.45, 2.75) is 72.3 Å². The van der Waals surface area contributed by atoms with E-state index in [9.17, 15) is 9.59 Å². The predicted octanol–water partition coefficient (Wildman–Crippen LogP) is 4.20. The molecule has 0 aromatic carbocycles. The monoisotopic (exact) mass is 392 g/mol. The summed E-state index contributed by atoms with van der Waals surface area (Å²) in [6.45, 7) is 12.0. The van der Waals surface area contributed by atoms with Crippen LogP contribution in [0.3, 0.4) is 0 Å². The van der Waals surface area contributed by atoms with Crippen molar-refractivity contribution in [2.75, 3.05) is 13.7 Å². The van der Waals surface area contributed by atoms with Crippen molar-refractivity contribution in [1.82, 2.24) is 0 Å². The van der Waals surface area contributed by atoms with E-state index in [1.807, 2.05) is 19.9 Å². The Balaban J connectivity index is 2.39. The molecule has 1 N–H and O–H groups in total. The number of hydrogen-bond acceptors (Lipinski definition) is 5. The highest BCUT2D eigenvalue weighted by Gasteiger charge is 2.62. The van der Waals surface area contributed by atoms with Crippen molar-refractivity contribution in [1.29, 1.82) is 0 Å². The van der Waals surface area contributed by atoms with Crippen molar-refractivity contribution < 1.29 is 24.2 Å². The Kier molecular flexibility index (Phi) is 7.13. The maximum atomic E-state index is 12.9. The Bertz CT molecular complexity index is 651. The van der Waals surface area contributed by atoms with Crippen LogP contribution >= 0.6 is 0 Å². The molecule has 2 saturated carbocycles. The molecule has 158 valence electrons. The van der Waals surface area contributed by atoms with Gasteiger partial charge in [-0.25, -0.2) is 0 Å². The third-order valence-electron chi connectivity index (χ3n) is 7.38. The van der Waals surface area contributed by atoms with Crippen LogP contribution in [0, 0.1) is 22.7 Å². The minimum atomic E-state index is -0.859. The molecule has 0 aromatic heterocycles. The van der Waals surface area contributed by atoms with Crippen molar-refractivity contribution in [3.63, 3.8) is 0 Å². The number of allylic oxidation sites excluding steroid dienone is 2. The molecule has 2 fully saturated rings. The number of rotatable bonds is 6. The van der Waals surface area contributed by atoms with Gasteiger partial charge in [-0.3, -0.25) is 9.59 Å². The van der Waals surface area contributed by atoms with Gasteiger partial charge in [0.15, 0.2) is 0 Å². The number of ether oxygens (including phenoxy) is 2. The number of carbonyl (C=O) groups is 2. The fourth-order valence-corrected chi connectivity index (χ4v) is 5.88.